The molecule has 2 atom stereocenters. The van der Waals surface area contributed by atoms with Gasteiger partial charge in [-0.2, -0.15) is 0 Å². The highest BCUT2D eigenvalue weighted by atomic mass is 32.2. The van der Waals surface area contributed by atoms with E-state index in [1.165, 1.54) is 11.8 Å². The minimum atomic E-state index is -0.823. The SMILES string of the molecule is Cc1nc(SCC(=O)N2C[C@H]3CN(CC(C)C)C[C@@]3(C(=O)O)C2)n[nH]1. The molecule has 1 amide bonds. The number of aryl methyl sites for hydroxylation is 1. The number of aromatic amines is 1. The van der Waals surface area contributed by atoms with Crippen molar-refractivity contribution in [3.8, 4) is 0 Å². The molecule has 138 valence electrons. The maximum Gasteiger partial charge on any atom is 0.313 e. The van der Waals surface area contributed by atoms with Gasteiger partial charge in [-0.05, 0) is 12.8 Å². The predicted octanol–water partition coefficient (Wildman–Crippen LogP) is 0.706. The fourth-order valence-electron chi connectivity index (χ4n) is 3.92. The summed E-state index contributed by atoms with van der Waals surface area (Å²) >= 11 is 1.28. The van der Waals surface area contributed by atoms with Crippen LogP contribution in [0.25, 0.3) is 0 Å². The van der Waals surface area contributed by atoms with Gasteiger partial charge in [0.1, 0.15) is 11.2 Å². The highest BCUT2D eigenvalue weighted by molar-refractivity contribution is 7.99. The smallest absolute Gasteiger partial charge is 0.313 e. The number of H-pyrrole nitrogens is 1. The topological polar surface area (TPSA) is 102 Å². The van der Waals surface area contributed by atoms with Crippen LogP contribution in [0.15, 0.2) is 5.16 Å². The normalized spacial score (nSPS) is 26.4. The number of nitrogens with zero attached hydrogens (tertiary/aromatic N) is 4. The van der Waals surface area contributed by atoms with Crippen LogP contribution in [-0.4, -0.2) is 80.4 Å². The Labute approximate surface area is 151 Å². The van der Waals surface area contributed by atoms with Crippen LogP contribution in [0.5, 0.6) is 0 Å². The van der Waals surface area contributed by atoms with E-state index < -0.39 is 11.4 Å². The van der Waals surface area contributed by atoms with Gasteiger partial charge in [0.2, 0.25) is 11.1 Å². The lowest BCUT2D eigenvalue weighted by atomic mass is 9.81. The average molecular weight is 367 g/mol. The van der Waals surface area contributed by atoms with Crippen molar-refractivity contribution in [3.63, 3.8) is 0 Å². The molecule has 9 heteroatoms. The average Bonchev–Trinajstić information content (AvgIpc) is 3.16. The van der Waals surface area contributed by atoms with Gasteiger partial charge in [-0.25, -0.2) is 4.98 Å². The Morgan fingerprint density at radius 3 is 2.72 bits per heavy atom. The largest absolute Gasteiger partial charge is 0.481 e. The van der Waals surface area contributed by atoms with Crippen LogP contribution in [0.3, 0.4) is 0 Å². The molecule has 2 saturated heterocycles. The molecule has 1 aromatic heterocycles. The number of aromatic nitrogens is 3. The van der Waals surface area contributed by atoms with E-state index in [0.717, 1.165) is 13.1 Å². The number of nitrogens with one attached hydrogen (secondary N) is 1. The Morgan fingerprint density at radius 1 is 1.40 bits per heavy atom. The second-order valence-corrected chi connectivity index (χ2v) is 8.45. The van der Waals surface area contributed by atoms with Crippen LogP contribution in [0.2, 0.25) is 0 Å². The van der Waals surface area contributed by atoms with Gasteiger partial charge in [-0.15, -0.1) is 5.10 Å². The van der Waals surface area contributed by atoms with Crippen LogP contribution in [0.4, 0.5) is 0 Å². The molecule has 2 aliphatic rings. The summed E-state index contributed by atoms with van der Waals surface area (Å²) in [7, 11) is 0. The van der Waals surface area contributed by atoms with E-state index in [1.54, 1.807) is 11.8 Å². The summed E-state index contributed by atoms with van der Waals surface area (Å²) in [4.78, 5) is 32.6. The second-order valence-electron chi connectivity index (χ2n) is 7.51. The van der Waals surface area contributed by atoms with Gasteiger partial charge < -0.3 is 14.9 Å². The zero-order valence-electron chi connectivity index (χ0n) is 14.9. The van der Waals surface area contributed by atoms with Gasteiger partial charge in [0, 0.05) is 38.6 Å². The minimum absolute atomic E-state index is 0.00320. The first kappa shape index (κ1) is 18.2. The third kappa shape index (κ3) is 3.67. The van der Waals surface area contributed by atoms with Crippen LogP contribution in [0.1, 0.15) is 19.7 Å². The van der Waals surface area contributed by atoms with Crippen molar-refractivity contribution >= 4 is 23.6 Å². The predicted molar refractivity (Wildman–Crippen MR) is 93.3 cm³/mol. The number of thioether (sulfide) groups is 1. The van der Waals surface area contributed by atoms with E-state index in [1.807, 2.05) is 0 Å². The Morgan fingerprint density at radius 2 is 2.16 bits per heavy atom. The summed E-state index contributed by atoms with van der Waals surface area (Å²) in [5.74, 6) is 0.622. The van der Waals surface area contributed by atoms with Crippen molar-refractivity contribution in [2.75, 3.05) is 38.5 Å². The number of carboxylic acid groups (broad SMARTS) is 1. The molecule has 8 nitrogen and oxygen atoms in total. The van der Waals surface area contributed by atoms with Crippen molar-refractivity contribution in [3.05, 3.63) is 5.82 Å². The van der Waals surface area contributed by atoms with E-state index in [-0.39, 0.29) is 17.6 Å². The Kier molecular flexibility index (Phi) is 5.06. The molecule has 0 saturated carbocycles. The molecule has 2 fully saturated rings. The molecular weight excluding hydrogens is 342 g/mol. The molecular formula is C16H25N5O3S. The zero-order chi connectivity index (χ0) is 18.2. The third-order valence-electron chi connectivity index (χ3n) is 4.98. The maximum atomic E-state index is 12.5. The molecule has 0 bridgehead atoms. The molecule has 0 spiro atoms. The molecule has 1 aromatic rings. The summed E-state index contributed by atoms with van der Waals surface area (Å²) < 4.78 is 0. The number of hydrogen-bond donors (Lipinski definition) is 2. The molecule has 25 heavy (non-hydrogen) atoms. The monoisotopic (exact) mass is 367 g/mol. The lowest BCUT2D eigenvalue weighted by Gasteiger charge is -2.26. The maximum absolute atomic E-state index is 12.5. The van der Waals surface area contributed by atoms with Crippen molar-refractivity contribution in [2.24, 2.45) is 17.3 Å². The summed E-state index contributed by atoms with van der Waals surface area (Å²) in [5, 5.41) is 17.1. The van der Waals surface area contributed by atoms with Crippen molar-refractivity contribution in [1.29, 1.82) is 0 Å². The van der Waals surface area contributed by atoms with E-state index in [4.69, 9.17) is 0 Å². The third-order valence-corrected chi connectivity index (χ3v) is 5.82. The first-order valence-corrected chi connectivity index (χ1v) is 9.54. The van der Waals surface area contributed by atoms with Gasteiger partial charge >= 0.3 is 5.97 Å². The quantitative estimate of drug-likeness (QED) is 0.714. The molecule has 2 aliphatic heterocycles. The number of aliphatic carboxylic acids is 1. The summed E-state index contributed by atoms with van der Waals surface area (Å²) in [6, 6.07) is 0. The Hall–Kier alpha value is -1.61. The summed E-state index contributed by atoms with van der Waals surface area (Å²) in [6.45, 7) is 9.09. The van der Waals surface area contributed by atoms with Gasteiger partial charge in [-0.3, -0.25) is 14.7 Å². The molecule has 3 heterocycles. The van der Waals surface area contributed by atoms with E-state index in [2.05, 4.69) is 33.9 Å². The van der Waals surface area contributed by atoms with Crippen molar-refractivity contribution in [1.82, 2.24) is 25.0 Å². The minimum Gasteiger partial charge on any atom is -0.481 e. The summed E-state index contributed by atoms with van der Waals surface area (Å²) in [6.07, 6.45) is 0. The van der Waals surface area contributed by atoms with Crippen LogP contribution in [0, 0.1) is 24.2 Å². The van der Waals surface area contributed by atoms with Crippen LogP contribution < -0.4 is 0 Å². The number of amides is 1. The number of fused-ring (bicyclic) bond motifs is 1. The molecule has 3 rings (SSSR count). The number of carbonyl (C=O) groups is 2. The van der Waals surface area contributed by atoms with Gasteiger partial charge in [-0.1, -0.05) is 25.6 Å². The number of hydrogen-bond acceptors (Lipinski definition) is 6. The highest BCUT2D eigenvalue weighted by Gasteiger charge is 2.58. The molecule has 0 unspecified atom stereocenters. The lowest BCUT2D eigenvalue weighted by Crippen LogP contribution is -2.42. The standard InChI is InChI=1S/C16H25N5O3S/c1-10(2)4-20-5-12-6-21(9-16(12,8-20)14(23)24)13(22)7-25-15-17-11(3)18-19-15/h10,12H,4-9H2,1-3H3,(H,23,24)(H,17,18,19)/t12-,16-/m1/s1. The molecule has 0 radical (unpaired) electrons. The Bertz CT molecular complexity index is 664. The Balaban J connectivity index is 1.61. The molecule has 0 aliphatic carbocycles. The van der Waals surface area contributed by atoms with Gasteiger partial charge in [0.25, 0.3) is 0 Å². The summed E-state index contributed by atoms with van der Waals surface area (Å²) in [5.41, 5.74) is -0.823. The fourth-order valence-corrected chi connectivity index (χ4v) is 4.67. The van der Waals surface area contributed by atoms with Gasteiger partial charge in [0.15, 0.2) is 0 Å². The van der Waals surface area contributed by atoms with Crippen LogP contribution in [-0.2, 0) is 9.59 Å². The van der Waals surface area contributed by atoms with Gasteiger partial charge in [0.05, 0.1) is 5.75 Å². The lowest BCUT2D eigenvalue weighted by molar-refractivity contribution is -0.149. The van der Waals surface area contributed by atoms with E-state index in [9.17, 15) is 14.7 Å². The molecule has 0 aromatic carbocycles. The zero-order valence-corrected chi connectivity index (χ0v) is 15.7. The van der Waals surface area contributed by atoms with E-state index >= 15 is 0 Å². The highest BCUT2D eigenvalue weighted by Crippen LogP contribution is 2.43. The van der Waals surface area contributed by atoms with Crippen molar-refractivity contribution in [2.45, 2.75) is 25.9 Å². The second kappa shape index (κ2) is 6.95. The van der Waals surface area contributed by atoms with Crippen molar-refractivity contribution < 1.29 is 14.7 Å². The number of likely N-dealkylation sites (tertiary alicyclic amines) is 2. The fraction of sp³-hybridized carbons (Fsp3) is 0.750. The number of rotatable bonds is 6. The molecule has 2 N–H and O–H groups in total. The number of carboxylic acids is 1. The number of carbonyl (C=O) groups excluding carboxylic acids is 1. The first-order chi connectivity index (χ1) is 11.8. The van der Waals surface area contributed by atoms with Crippen LogP contribution >= 0.6 is 11.8 Å². The first-order valence-electron chi connectivity index (χ1n) is 8.55. The van der Waals surface area contributed by atoms with E-state index in [0.29, 0.717) is 36.5 Å².